The van der Waals surface area contributed by atoms with Crippen molar-refractivity contribution in [3.63, 3.8) is 0 Å². The van der Waals surface area contributed by atoms with Crippen molar-refractivity contribution in [3.8, 4) is 5.75 Å². The van der Waals surface area contributed by atoms with Gasteiger partial charge in [-0.05, 0) is 36.8 Å². The van der Waals surface area contributed by atoms with E-state index in [0.717, 1.165) is 6.42 Å². The van der Waals surface area contributed by atoms with Crippen LogP contribution in [-0.4, -0.2) is 12.4 Å². The molecule has 2 nitrogen and oxygen atoms in total. The van der Waals surface area contributed by atoms with Gasteiger partial charge in [0.1, 0.15) is 5.75 Å². The summed E-state index contributed by atoms with van der Waals surface area (Å²) >= 11 is 0. The number of rotatable bonds is 3. The van der Waals surface area contributed by atoms with Gasteiger partial charge in [-0.25, -0.2) is 0 Å². The smallest absolute Gasteiger partial charge is 0.405 e. The van der Waals surface area contributed by atoms with Crippen LogP contribution in [0, 0.1) is 5.92 Å². The summed E-state index contributed by atoms with van der Waals surface area (Å²) in [5, 5.41) is 0. The number of halogens is 3. The Balaban J connectivity index is 2.18. The van der Waals surface area contributed by atoms with Crippen molar-refractivity contribution in [2.45, 2.75) is 31.7 Å². The summed E-state index contributed by atoms with van der Waals surface area (Å²) < 4.78 is 40.7. The molecule has 0 amide bonds. The Morgan fingerprint density at radius 3 is 2.53 bits per heavy atom. The zero-order chi connectivity index (χ0) is 12.6. The van der Waals surface area contributed by atoms with E-state index in [-0.39, 0.29) is 23.6 Å². The molecule has 0 saturated heterocycles. The van der Waals surface area contributed by atoms with E-state index < -0.39 is 6.36 Å². The average molecular weight is 245 g/mol. The molecule has 3 atom stereocenters. The number of alkyl halides is 3. The molecule has 1 saturated carbocycles. The van der Waals surface area contributed by atoms with Crippen LogP contribution in [0.15, 0.2) is 24.3 Å². The van der Waals surface area contributed by atoms with Crippen LogP contribution < -0.4 is 10.5 Å². The summed E-state index contributed by atoms with van der Waals surface area (Å²) in [6.07, 6.45) is -3.81. The fourth-order valence-corrected chi connectivity index (χ4v) is 2.16. The Labute approximate surface area is 97.6 Å². The number of benzene rings is 1. The van der Waals surface area contributed by atoms with Crippen molar-refractivity contribution < 1.29 is 17.9 Å². The molecule has 2 rings (SSSR count). The highest BCUT2D eigenvalue weighted by Crippen LogP contribution is 2.52. The van der Waals surface area contributed by atoms with Crippen molar-refractivity contribution in [2.75, 3.05) is 0 Å². The Kier molecular flexibility index (Phi) is 3.03. The SMILES string of the molecule is C[C@H](N)[C@H]1C[C@@H]1c1ccccc1OC(F)(F)F. The van der Waals surface area contributed by atoms with E-state index in [9.17, 15) is 13.2 Å². The van der Waals surface area contributed by atoms with Crippen molar-refractivity contribution in [2.24, 2.45) is 11.7 Å². The second kappa shape index (κ2) is 4.22. The maximum Gasteiger partial charge on any atom is 0.573 e. The van der Waals surface area contributed by atoms with Crippen molar-refractivity contribution >= 4 is 0 Å². The minimum Gasteiger partial charge on any atom is -0.405 e. The first-order chi connectivity index (χ1) is 7.88. The maximum absolute atomic E-state index is 12.2. The van der Waals surface area contributed by atoms with Crippen LogP contribution in [0.5, 0.6) is 5.75 Å². The second-order valence-electron chi connectivity index (χ2n) is 4.45. The normalized spacial score (nSPS) is 25.5. The molecule has 1 aliphatic rings. The van der Waals surface area contributed by atoms with Gasteiger partial charge in [-0.15, -0.1) is 13.2 Å². The van der Waals surface area contributed by atoms with Gasteiger partial charge < -0.3 is 10.5 Å². The highest BCUT2D eigenvalue weighted by atomic mass is 19.4. The molecular formula is C12H14F3NO. The van der Waals surface area contributed by atoms with Crippen LogP contribution in [0.2, 0.25) is 0 Å². The zero-order valence-electron chi connectivity index (χ0n) is 9.37. The molecule has 0 aliphatic heterocycles. The van der Waals surface area contributed by atoms with Gasteiger partial charge in [-0.2, -0.15) is 0 Å². The molecule has 0 bridgehead atoms. The van der Waals surface area contributed by atoms with Crippen molar-refractivity contribution in [3.05, 3.63) is 29.8 Å². The molecule has 2 N–H and O–H groups in total. The molecule has 94 valence electrons. The molecule has 1 aliphatic carbocycles. The molecule has 0 spiro atoms. The monoisotopic (exact) mass is 245 g/mol. The lowest BCUT2D eigenvalue weighted by molar-refractivity contribution is -0.274. The standard InChI is InChI=1S/C12H14F3NO/c1-7(16)9-6-10(9)8-4-2-3-5-11(8)17-12(13,14)15/h2-5,7,9-10H,6,16H2,1H3/t7-,9+,10+/m0/s1. The number of nitrogens with two attached hydrogens (primary N) is 1. The maximum atomic E-state index is 12.2. The van der Waals surface area contributed by atoms with Crippen molar-refractivity contribution in [1.82, 2.24) is 0 Å². The number of hydrogen-bond acceptors (Lipinski definition) is 2. The highest BCUT2D eigenvalue weighted by molar-refractivity contribution is 5.40. The predicted molar refractivity (Wildman–Crippen MR) is 57.6 cm³/mol. The molecule has 5 heteroatoms. The van der Waals surface area contributed by atoms with Crippen molar-refractivity contribution in [1.29, 1.82) is 0 Å². The topological polar surface area (TPSA) is 35.2 Å². The Hall–Kier alpha value is -1.23. The van der Waals surface area contributed by atoms with Gasteiger partial charge in [0.15, 0.2) is 0 Å². The first-order valence-corrected chi connectivity index (χ1v) is 5.49. The molecule has 1 aromatic carbocycles. The van der Waals surface area contributed by atoms with Crippen LogP contribution in [0.3, 0.4) is 0 Å². The third-order valence-electron chi connectivity index (χ3n) is 3.06. The average Bonchev–Trinajstić information content (AvgIpc) is 2.95. The lowest BCUT2D eigenvalue weighted by atomic mass is 10.1. The fraction of sp³-hybridized carbons (Fsp3) is 0.500. The van der Waals surface area contributed by atoms with E-state index in [1.807, 2.05) is 6.92 Å². The van der Waals surface area contributed by atoms with Gasteiger partial charge in [0.05, 0.1) is 0 Å². The third kappa shape index (κ3) is 2.91. The van der Waals surface area contributed by atoms with E-state index in [0.29, 0.717) is 5.56 Å². The van der Waals surface area contributed by atoms with E-state index in [2.05, 4.69) is 4.74 Å². The van der Waals surface area contributed by atoms with E-state index >= 15 is 0 Å². The van der Waals surface area contributed by atoms with Gasteiger partial charge in [-0.1, -0.05) is 18.2 Å². The number of hydrogen-bond donors (Lipinski definition) is 1. The van der Waals surface area contributed by atoms with Crippen LogP contribution in [-0.2, 0) is 0 Å². The van der Waals surface area contributed by atoms with E-state index in [4.69, 9.17) is 5.73 Å². The summed E-state index contributed by atoms with van der Waals surface area (Å²) in [4.78, 5) is 0. The van der Waals surface area contributed by atoms with Crippen LogP contribution in [0.1, 0.15) is 24.8 Å². The third-order valence-corrected chi connectivity index (χ3v) is 3.06. The molecule has 1 fully saturated rings. The summed E-state index contributed by atoms with van der Waals surface area (Å²) in [6, 6.07) is 6.27. The summed E-state index contributed by atoms with van der Waals surface area (Å²) in [5.74, 6) is 0.245. The Morgan fingerprint density at radius 1 is 1.35 bits per heavy atom. The summed E-state index contributed by atoms with van der Waals surface area (Å²) in [5.41, 5.74) is 6.34. The zero-order valence-corrected chi connectivity index (χ0v) is 9.37. The van der Waals surface area contributed by atoms with Crippen LogP contribution in [0.4, 0.5) is 13.2 Å². The minimum absolute atomic E-state index is 0.000979. The van der Waals surface area contributed by atoms with Crippen LogP contribution >= 0.6 is 0 Å². The molecule has 1 aromatic rings. The number of ether oxygens (including phenoxy) is 1. The molecule has 17 heavy (non-hydrogen) atoms. The Bertz CT molecular complexity index is 403. The predicted octanol–water partition coefficient (Wildman–Crippen LogP) is 3.04. The molecule has 0 unspecified atom stereocenters. The highest BCUT2D eigenvalue weighted by Gasteiger charge is 2.43. The lowest BCUT2D eigenvalue weighted by Crippen LogP contribution is -2.19. The molecule has 0 heterocycles. The lowest BCUT2D eigenvalue weighted by Gasteiger charge is -2.13. The van der Waals surface area contributed by atoms with Gasteiger partial charge in [0.25, 0.3) is 0 Å². The summed E-state index contributed by atoms with van der Waals surface area (Å²) in [7, 11) is 0. The largest absolute Gasteiger partial charge is 0.573 e. The van der Waals surface area contributed by atoms with Gasteiger partial charge in [-0.3, -0.25) is 0 Å². The quantitative estimate of drug-likeness (QED) is 0.888. The summed E-state index contributed by atoms with van der Waals surface area (Å²) in [6.45, 7) is 1.87. The molecule has 0 radical (unpaired) electrons. The van der Waals surface area contributed by atoms with Gasteiger partial charge >= 0.3 is 6.36 Å². The minimum atomic E-state index is -4.64. The fourth-order valence-electron chi connectivity index (χ4n) is 2.16. The van der Waals surface area contributed by atoms with Gasteiger partial charge in [0, 0.05) is 6.04 Å². The van der Waals surface area contributed by atoms with Crippen LogP contribution in [0.25, 0.3) is 0 Å². The Morgan fingerprint density at radius 2 is 2.00 bits per heavy atom. The molecular weight excluding hydrogens is 231 g/mol. The molecule has 0 aromatic heterocycles. The first kappa shape index (κ1) is 12.2. The first-order valence-electron chi connectivity index (χ1n) is 5.49. The number of para-hydroxylation sites is 1. The van der Waals surface area contributed by atoms with E-state index in [1.165, 1.54) is 12.1 Å². The van der Waals surface area contributed by atoms with Gasteiger partial charge in [0.2, 0.25) is 0 Å². The second-order valence-corrected chi connectivity index (χ2v) is 4.45. The van der Waals surface area contributed by atoms with E-state index in [1.54, 1.807) is 12.1 Å².